The van der Waals surface area contributed by atoms with Crippen LogP contribution in [0.3, 0.4) is 0 Å². The van der Waals surface area contributed by atoms with Crippen molar-refractivity contribution in [3.63, 3.8) is 0 Å². The van der Waals surface area contributed by atoms with Gasteiger partial charge in [-0.1, -0.05) is 78.9 Å². The minimum atomic E-state index is -0.742. The molecule has 0 bridgehead atoms. The van der Waals surface area contributed by atoms with Crippen LogP contribution in [0.2, 0.25) is 0 Å². The van der Waals surface area contributed by atoms with Crippen LogP contribution in [0.5, 0.6) is 0 Å². The van der Waals surface area contributed by atoms with E-state index in [0.717, 1.165) is 16.5 Å². The van der Waals surface area contributed by atoms with E-state index in [9.17, 15) is 14.4 Å². The van der Waals surface area contributed by atoms with Crippen molar-refractivity contribution in [3.05, 3.63) is 135 Å². The van der Waals surface area contributed by atoms with E-state index in [4.69, 9.17) is 10.2 Å². The highest BCUT2D eigenvalue weighted by molar-refractivity contribution is 6.05. The van der Waals surface area contributed by atoms with Gasteiger partial charge in [-0.15, -0.1) is 0 Å². The number of nitrogen functional groups attached to an aromatic ring is 1. The Morgan fingerprint density at radius 3 is 2.27 bits per heavy atom. The van der Waals surface area contributed by atoms with Gasteiger partial charge in [0.05, 0.1) is 13.1 Å². The summed E-state index contributed by atoms with van der Waals surface area (Å²) in [5.74, 6) is -0.101. The number of benzene rings is 3. The number of rotatable bonds is 7. The lowest BCUT2D eigenvalue weighted by Gasteiger charge is -2.23. The molecule has 37 heavy (non-hydrogen) atoms. The Balaban J connectivity index is 1.55. The molecule has 8 nitrogen and oxygen atoms in total. The molecule has 0 radical (unpaired) electrons. The van der Waals surface area contributed by atoms with Gasteiger partial charge in [-0.25, -0.2) is 4.79 Å². The quantitative estimate of drug-likeness (QED) is 0.331. The highest BCUT2D eigenvalue weighted by Gasteiger charge is 2.23. The van der Waals surface area contributed by atoms with Crippen molar-refractivity contribution in [1.82, 2.24) is 9.55 Å². The number of amides is 1. The maximum Gasteiger partial charge on any atom is 0.330 e. The van der Waals surface area contributed by atoms with Crippen molar-refractivity contribution in [1.29, 1.82) is 0 Å². The molecule has 3 aromatic carbocycles. The van der Waals surface area contributed by atoms with Gasteiger partial charge in [-0.2, -0.15) is 0 Å². The number of nitrogens with two attached hydrogens (primary N) is 1. The van der Waals surface area contributed by atoms with E-state index < -0.39 is 17.2 Å². The number of aromatic nitrogens is 2. The van der Waals surface area contributed by atoms with Crippen LogP contribution in [0.15, 0.2) is 111 Å². The molecule has 0 unspecified atom stereocenters. The smallest absolute Gasteiger partial charge is 0.330 e. The molecule has 184 valence electrons. The molecule has 0 saturated carbocycles. The number of para-hydroxylation sites is 1. The zero-order valence-electron chi connectivity index (χ0n) is 19.8. The molecular weight excluding hydrogens is 468 g/mol. The molecule has 5 aromatic rings. The van der Waals surface area contributed by atoms with Gasteiger partial charge in [0, 0.05) is 11.5 Å². The molecule has 3 N–H and O–H groups in total. The summed E-state index contributed by atoms with van der Waals surface area (Å²) in [5, 5.41) is 0.907. The van der Waals surface area contributed by atoms with E-state index in [0.29, 0.717) is 11.3 Å². The van der Waals surface area contributed by atoms with E-state index in [1.807, 2.05) is 91.0 Å². The number of H-pyrrole nitrogens is 1. The summed E-state index contributed by atoms with van der Waals surface area (Å²) in [5.41, 5.74) is 7.20. The molecule has 0 aliphatic carbocycles. The first-order chi connectivity index (χ1) is 18.0. The maximum atomic E-state index is 13.5. The lowest BCUT2D eigenvalue weighted by Crippen LogP contribution is -2.40. The number of carbonyl (C=O) groups is 1. The highest BCUT2D eigenvalue weighted by Crippen LogP contribution is 2.23. The fraction of sp³-hybridized carbons (Fsp3) is 0.0690. The number of hydrogen-bond donors (Lipinski definition) is 2. The molecule has 8 heteroatoms. The van der Waals surface area contributed by atoms with Gasteiger partial charge in [0.2, 0.25) is 0 Å². The predicted octanol–water partition coefficient (Wildman–Crippen LogP) is 4.16. The van der Waals surface area contributed by atoms with Crippen LogP contribution >= 0.6 is 0 Å². The number of aromatic amines is 1. The average Bonchev–Trinajstić information content (AvgIpc) is 3.33. The molecule has 1 amide bonds. The van der Waals surface area contributed by atoms with Crippen LogP contribution in [-0.4, -0.2) is 15.5 Å². The summed E-state index contributed by atoms with van der Waals surface area (Å²) in [6, 6.07) is 27.8. The largest absolute Gasteiger partial charge is 0.457 e. The summed E-state index contributed by atoms with van der Waals surface area (Å²) in [4.78, 5) is 42.8. The number of carbonyl (C=O) groups excluding carboxylic acids is 1. The number of hydrogen-bond acceptors (Lipinski definition) is 5. The van der Waals surface area contributed by atoms with E-state index >= 15 is 0 Å². The summed E-state index contributed by atoms with van der Waals surface area (Å²) in [6.45, 7) is 0.207. The third kappa shape index (κ3) is 5.13. The molecule has 0 fully saturated rings. The lowest BCUT2D eigenvalue weighted by molar-refractivity contribution is -0.114. The van der Waals surface area contributed by atoms with Crippen LogP contribution < -0.4 is 21.9 Å². The Kier molecular flexibility index (Phi) is 6.54. The van der Waals surface area contributed by atoms with Crippen LogP contribution in [0, 0.1) is 0 Å². The second-order valence-corrected chi connectivity index (χ2v) is 8.49. The van der Waals surface area contributed by atoms with Gasteiger partial charge >= 0.3 is 5.69 Å². The van der Waals surface area contributed by atoms with Crippen LogP contribution in [0.4, 0.5) is 11.5 Å². The Morgan fingerprint density at radius 2 is 1.57 bits per heavy atom. The lowest BCUT2D eigenvalue weighted by atomic mass is 10.2. The zero-order valence-corrected chi connectivity index (χ0v) is 19.8. The first-order valence-electron chi connectivity index (χ1n) is 11.7. The first kappa shape index (κ1) is 23.6. The number of nitrogens with one attached hydrogen (secondary N) is 1. The molecule has 5 rings (SSSR count). The monoisotopic (exact) mass is 492 g/mol. The summed E-state index contributed by atoms with van der Waals surface area (Å²) >= 11 is 0. The van der Waals surface area contributed by atoms with Crippen LogP contribution in [-0.2, 0) is 17.9 Å². The second-order valence-electron chi connectivity index (χ2n) is 8.49. The number of fused-ring (bicyclic) bond motifs is 1. The fourth-order valence-electron chi connectivity index (χ4n) is 4.12. The highest BCUT2D eigenvalue weighted by atomic mass is 16.3. The topological polar surface area (TPSA) is 114 Å². The Labute approximate surface area is 211 Å². The van der Waals surface area contributed by atoms with Crippen molar-refractivity contribution in [3.8, 4) is 0 Å². The minimum absolute atomic E-state index is 0.0704. The van der Waals surface area contributed by atoms with Gasteiger partial charge < -0.3 is 10.2 Å². The summed E-state index contributed by atoms with van der Waals surface area (Å²) in [7, 11) is 0. The molecule has 0 aliphatic rings. The Morgan fingerprint density at radius 1 is 0.919 bits per heavy atom. The van der Waals surface area contributed by atoms with Gasteiger partial charge in [0.25, 0.3) is 11.5 Å². The normalized spacial score (nSPS) is 11.2. The molecular formula is C29H24N4O4. The van der Waals surface area contributed by atoms with Crippen molar-refractivity contribution < 1.29 is 9.21 Å². The van der Waals surface area contributed by atoms with Crippen molar-refractivity contribution in [2.24, 2.45) is 0 Å². The molecule has 0 aliphatic heterocycles. The minimum Gasteiger partial charge on any atom is -0.457 e. The molecule has 2 heterocycles. The van der Waals surface area contributed by atoms with E-state index in [-0.39, 0.29) is 24.6 Å². The van der Waals surface area contributed by atoms with Crippen molar-refractivity contribution in [2.45, 2.75) is 13.1 Å². The molecule has 0 spiro atoms. The zero-order chi connectivity index (χ0) is 25.8. The maximum absolute atomic E-state index is 13.5. The average molecular weight is 493 g/mol. The number of anilines is 2. The summed E-state index contributed by atoms with van der Waals surface area (Å²) < 4.78 is 7.03. The number of nitrogens with zero attached hydrogens (tertiary/aromatic N) is 2. The van der Waals surface area contributed by atoms with Gasteiger partial charge in [0.1, 0.15) is 17.2 Å². The van der Waals surface area contributed by atoms with E-state index in [2.05, 4.69) is 4.98 Å². The standard InChI is InChI=1S/C29H24N4O4/c30-27-26(28(35)31-29(36)33(27)19-21-11-5-2-6-12-21)32(18-20-9-3-1-4-10-20)25(34)16-15-23-17-22-13-7-8-14-24(22)37-23/h1-17H,18-19,30H2,(H,31,35,36). The molecule has 0 saturated heterocycles. The summed E-state index contributed by atoms with van der Waals surface area (Å²) in [6.07, 6.45) is 2.87. The SMILES string of the molecule is Nc1c(N(Cc2ccccc2)C(=O)C=Cc2cc3ccccc3o2)c(=O)[nH]c(=O)n1Cc1ccccc1. The van der Waals surface area contributed by atoms with Gasteiger partial charge in [-0.3, -0.25) is 24.0 Å². The number of furan rings is 1. The third-order valence-electron chi connectivity index (χ3n) is 5.95. The van der Waals surface area contributed by atoms with Gasteiger partial charge in [-0.05, 0) is 29.3 Å². The first-order valence-corrected chi connectivity index (χ1v) is 11.7. The predicted molar refractivity (Wildman–Crippen MR) is 144 cm³/mol. The third-order valence-corrected chi connectivity index (χ3v) is 5.95. The second kappa shape index (κ2) is 10.2. The van der Waals surface area contributed by atoms with Crippen LogP contribution in [0.25, 0.3) is 17.0 Å². The molecule has 2 aromatic heterocycles. The Bertz CT molecular complexity index is 1670. The van der Waals surface area contributed by atoms with E-state index in [1.165, 1.54) is 15.5 Å². The van der Waals surface area contributed by atoms with Crippen molar-refractivity contribution in [2.75, 3.05) is 10.6 Å². The fourth-order valence-corrected chi connectivity index (χ4v) is 4.12. The van der Waals surface area contributed by atoms with Crippen molar-refractivity contribution >= 4 is 34.5 Å². The van der Waals surface area contributed by atoms with Crippen LogP contribution in [0.1, 0.15) is 16.9 Å². The van der Waals surface area contributed by atoms with E-state index in [1.54, 1.807) is 6.08 Å². The Hall–Kier alpha value is -5.11. The van der Waals surface area contributed by atoms with Gasteiger partial charge in [0.15, 0.2) is 5.69 Å². The molecule has 0 atom stereocenters.